The number of carbonyl (C=O) groups excluding carboxylic acids is 1. The van der Waals surface area contributed by atoms with Crippen LogP contribution in [0.5, 0.6) is 0 Å². The van der Waals surface area contributed by atoms with Crippen LogP contribution in [0.15, 0.2) is 47.4 Å². The molecule has 0 bridgehead atoms. The lowest BCUT2D eigenvalue weighted by Gasteiger charge is -2.14. The van der Waals surface area contributed by atoms with E-state index in [1.165, 1.54) is 11.1 Å². The van der Waals surface area contributed by atoms with Crippen LogP contribution in [-0.2, 0) is 4.79 Å². The van der Waals surface area contributed by atoms with Crippen molar-refractivity contribution in [3.05, 3.63) is 59.2 Å². The molecule has 0 spiro atoms. The third-order valence-corrected chi connectivity index (χ3v) is 4.45. The average Bonchev–Trinajstić information content (AvgIpc) is 2.44. The molecule has 1 atom stereocenters. The Bertz CT molecular complexity index is 634. The van der Waals surface area contributed by atoms with E-state index >= 15 is 0 Å². The zero-order valence-electron chi connectivity index (χ0n) is 12.9. The Morgan fingerprint density at radius 3 is 2.24 bits per heavy atom. The number of carbonyl (C=O) groups is 1. The molecule has 21 heavy (non-hydrogen) atoms. The zero-order valence-corrected chi connectivity index (χ0v) is 13.8. The molecule has 0 aliphatic rings. The smallest absolute Gasteiger partial charge is 0.237 e. The maximum absolute atomic E-state index is 12.3. The average molecular weight is 299 g/mol. The fourth-order valence-corrected chi connectivity index (χ4v) is 2.93. The van der Waals surface area contributed by atoms with Gasteiger partial charge in [-0.25, -0.2) is 0 Å². The number of thioether (sulfide) groups is 1. The number of anilines is 1. The fraction of sp³-hybridized carbons (Fsp3) is 0.278. The predicted octanol–water partition coefficient (Wildman–Crippen LogP) is 4.73. The number of rotatable bonds is 4. The number of benzene rings is 2. The maximum Gasteiger partial charge on any atom is 0.237 e. The van der Waals surface area contributed by atoms with Crippen LogP contribution in [0.25, 0.3) is 0 Å². The minimum absolute atomic E-state index is 0.0347. The molecule has 0 aliphatic heterocycles. The van der Waals surface area contributed by atoms with E-state index in [0.717, 1.165) is 16.1 Å². The van der Waals surface area contributed by atoms with Gasteiger partial charge in [0, 0.05) is 10.6 Å². The van der Waals surface area contributed by atoms with Crippen molar-refractivity contribution < 1.29 is 4.79 Å². The Balaban J connectivity index is 2.00. The summed E-state index contributed by atoms with van der Waals surface area (Å²) in [6.45, 7) is 8.06. The number of nitrogens with one attached hydrogen (secondary N) is 1. The van der Waals surface area contributed by atoms with Crippen molar-refractivity contribution in [3.63, 3.8) is 0 Å². The van der Waals surface area contributed by atoms with E-state index in [1.807, 2.05) is 26.0 Å². The highest BCUT2D eigenvalue weighted by molar-refractivity contribution is 8.00. The van der Waals surface area contributed by atoms with Gasteiger partial charge in [0.05, 0.1) is 5.25 Å². The third kappa shape index (κ3) is 4.36. The van der Waals surface area contributed by atoms with Gasteiger partial charge in [-0.1, -0.05) is 35.4 Å². The molecule has 0 aromatic heterocycles. The van der Waals surface area contributed by atoms with Crippen LogP contribution >= 0.6 is 11.8 Å². The molecule has 0 aliphatic carbocycles. The Hall–Kier alpha value is -1.74. The van der Waals surface area contributed by atoms with Crippen LogP contribution in [0.4, 0.5) is 5.69 Å². The molecule has 0 fully saturated rings. The SMILES string of the molecule is Cc1ccc(S[C@H](C)C(=O)Nc2ccc(C)cc2C)cc1. The van der Waals surface area contributed by atoms with Crippen molar-refractivity contribution in [2.24, 2.45) is 0 Å². The van der Waals surface area contributed by atoms with E-state index in [9.17, 15) is 4.79 Å². The largest absolute Gasteiger partial charge is 0.325 e. The van der Waals surface area contributed by atoms with Gasteiger partial charge in [0.15, 0.2) is 0 Å². The molecule has 0 unspecified atom stereocenters. The Kier molecular flexibility index (Phi) is 5.07. The molecule has 0 saturated carbocycles. The predicted molar refractivity (Wildman–Crippen MR) is 91.0 cm³/mol. The molecule has 0 radical (unpaired) electrons. The van der Waals surface area contributed by atoms with E-state index in [-0.39, 0.29) is 11.2 Å². The zero-order chi connectivity index (χ0) is 15.4. The first-order chi connectivity index (χ1) is 9.95. The highest BCUT2D eigenvalue weighted by Gasteiger charge is 2.15. The second-order valence-corrected chi connectivity index (χ2v) is 6.79. The quantitative estimate of drug-likeness (QED) is 0.827. The molecular weight excluding hydrogens is 278 g/mol. The molecule has 2 aromatic carbocycles. The monoisotopic (exact) mass is 299 g/mol. The van der Waals surface area contributed by atoms with Gasteiger partial charge in [-0.05, 0) is 51.5 Å². The number of amides is 1. The Morgan fingerprint density at radius 2 is 1.62 bits per heavy atom. The van der Waals surface area contributed by atoms with Gasteiger partial charge in [0.2, 0.25) is 5.91 Å². The molecule has 3 heteroatoms. The molecule has 0 heterocycles. The number of aryl methyl sites for hydroxylation is 3. The van der Waals surface area contributed by atoms with Gasteiger partial charge >= 0.3 is 0 Å². The van der Waals surface area contributed by atoms with Crippen molar-refractivity contribution in [1.82, 2.24) is 0 Å². The normalized spacial score (nSPS) is 12.0. The second kappa shape index (κ2) is 6.81. The van der Waals surface area contributed by atoms with E-state index in [0.29, 0.717) is 0 Å². The molecule has 0 saturated heterocycles. The van der Waals surface area contributed by atoms with Crippen LogP contribution in [0.3, 0.4) is 0 Å². The first-order valence-electron chi connectivity index (χ1n) is 7.07. The number of hydrogen-bond donors (Lipinski definition) is 1. The molecule has 1 N–H and O–H groups in total. The molecule has 2 aromatic rings. The lowest BCUT2D eigenvalue weighted by atomic mass is 10.1. The van der Waals surface area contributed by atoms with E-state index in [1.54, 1.807) is 11.8 Å². The van der Waals surface area contributed by atoms with Crippen molar-refractivity contribution >= 4 is 23.4 Å². The molecule has 2 nitrogen and oxygen atoms in total. The molecule has 110 valence electrons. The van der Waals surface area contributed by atoms with Crippen LogP contribution in [0, 0.1) is 20.8 Å². The summed E-state index contributed by atoms with van der Waals surface area (Å²) in [7, 11) is 0. The maximum atomic E-state index is 12.3. The van der Waals surface area contributed by atoms with Crippen molar-refractivity contribution in [3.8, 4) is 0 Å². The first-order valence-corrected chi connectivity index (χ1v) is 7.95. The summed E-state index contributed by atoms with van der Waals surface area (Å²) < 4.78 is 0. The van der Waals surface area contributed by atoms with E-state index < -0.39 is 0 Å². The van der Waals surface area contributed by atoms with Crippen molar-refractivity contribution in [2.75, 3.05) is 5.32 Å². The number of hydrogen-bond acceptors (Lipinski definition) is 2. The van der Waals surface area contributed by atoms with E-state index in [2.05, 4.69) is 49.5 Å². The van der Waals surface area contributed by atoms with Crippen LogP contribution < -0.4 is 5.32 Å². The topological polar surface area (TPSA) is 29.1 Å². The van der Waals surface area contributed by atoms with Gasteiger partial charge in [-0.15, -0.1) is 11.8 Å². The van der Waals surface area contributed by atoms with Gasteiger partial charge in [0.1, 0.15) is 0 Å². The Morgan fingerprint density at radius 1 is 1.00 bits per heavy atom. The highest BCUT2D eigenvalue weighted by Crippen LogP contribution is 2.25. The third-order valence-electron chi connectivity index (χ3n) is 3.34. The first kappa shape index (κ1) is 15.6. The summed E-state index contributed by atoms with van der Waals surface area (Å²) >= 11 is 1.58. The lowest BCUT2D eigenvalue weighted by molar-refractivity contribution is -0.115. The molecular formula is C18H21NOS. The van der Waals surface area contributed by atoms with Gasteiger partial charge in [0.25, 0.3) is 0 Å². The van der Waals surface area contributed by atoms with Crippen LogP contribution in [0.1, 0.15) is 23.6 Å². The van der Waals surface area contributed by atoms with Gasteiger partial charge in [-0.3, -0.25) is 4.79 Å². The van der Waals surface area contributed by atoms with Crippen LogP contribution in [-0.4, -0.2) is 11.2 Å². The summed E-state index contributed by atoms with van der Waals surface area (Å²) in [5.41, 5.74) is 4.41. The second-order valence-electron chi connectivity index (χ2n) is 5.38. The lowest BCUT2D eigenvalue weighted by Crippen LogP contribution is -2.22. The summed E-state index contributed by atoms with van der Waals surface area (Å²) in [4.78, 5) is 13.4. The molecule has 1 amide bonds. The minimum Gasteiger partial charge on any atom is -0.325 e. The van der Waals surface area contributed by atoms with E-state index in [4.69, 9.17) is 0 Å². The summed E-state index contributed by atoms with van der Waals surface area (Å²) in [6, 6.07) is 14.3. The van der Waals surface area contributed by atoms with Crippen molar-refractivity contribution in [2.45, 2.75) is 37.8 Å². The minimum atomic E-state index is -0.131. The highest BCUT2D eigenvalue weighted by atomic mass is 32.2. The summed E-state index contributed by atoms with van der Waals surface area (Å²) in [6.07, 6.45) is 0. The summed E-state index contributed by atoms with van der Waals surface area (Å²) in [5.74, 6) is 0.0347. The Labute approximate surface area is 131 Å². The van der Waals surface area contributed by atoms with Gasteiger partial charge < -0.3 is 5.32 Å². The fourth-order valence-electron chi connectivity index (χ4n) is 2.06. The standard InChI is InChI=1S/C18H21NOS/c1-12-5-8-16(9-6-12)21-15(4)18(20)19-17-10-7-13(2)11-14(17)3/h5-11,15H,1-4H3,(H,19,20)/t15-/m1/s1. The van der Waals surface area contributed by atoms with Gasteiger partial charge in [-0.2, -0.15) is 0 Å². The molecule has 2 rings (SSSR count). The van der Waals surface area contributed by atoms with Crippen molar-refractivity contribution in [1.29, 1.82) is 0 Å². The summed E-state index contributed by atoms with van der Waals surface area (Å²) in [5, 5.41) is 2.88. The van der Waals surface area contributed by atoms with Crippen LogP contribution in [0.2, 0.25) is 0 Å².